The van der Waals surface area contributed by atoms with Gasteiger partial charge in [0, 0.05) is 12.8 Å². The molecule has 0 spiro atoms. The van der Waals surface area contributed by atoms with Gasteiger partial charge in [-0.25, -0.2) is 0 Å². The minimum absolute atomic E-state index is 0.0368. The summed E-state index contributed by atoms with van der Waals surface area (Å²) in [5, 5.41) is 9.63. The van der Waals surface area contributed by atoms with E-state index in [-0.39, 0.29) is 23.0 Å². The first-order chi connectivity index (χ1) is 23.8. The minimum Gasteiger partial charge on any atom is -0.452 e. The predicted molar refractivity (Wildman–Crippen MR) is 208 cm³/mol. The van der Waals surface area contributed by atoms with Crippen molar-refractivity contribution < 1.29 is 28.7 Å². The number of unbranched alkanes of at least 4 members (excludes halogenated alkanes) is 22. The molecule has 0 heterocycles. The van der Waals surface area contributed by atoms with Gasteiger partial charge in [-0.15, -0.1) is 0 Å². The van der Waals surface area contributed by atoms with E-state index in [4.69, 9.17) is 9.47 Å². The summed E-state index contributed by atoms with van der Waals surface area (Å²) in [5.74, 6) is -0.501. The van der Waals surface area contributed by atoms with Crippen molar-refractivity contribution in [1.29, 1.82) is 0 Å². The van der Waals surface area contributed by atoms with Gasteiger partial charge in [-0.3, -0.25) is 14.1 Å². The smallest absolute Gasteiger partial charge is 0.310 e. The first-order valence-corrected chi connectivity index (χ1v) is 20.9. The van der Waals surface area contributed by atoms with Crippen LogP contribution in [-0.4, -0.2) is 61.1 Å². The van der Waals surface area contributed by atoms with Crippen LogP contribution in [0.5, 0.6) is 0 Å². The fourth-order valence-corrected chi connectivity index (χ4v) is 6.39. The molecule has 0 saturated carbocycles. The summed E-state index contributed by atoms with van der Waals surface area (Å²) < 4.78 is 11.9. The number of nitrogens with zero attached hydrogens (tertiary/aromatic N) is 1. The summed E-state index contributed by atoms with van der Waals surface area (Å²) in [4.78, 5) is 25.5. The van der Waals surface area contributed by atoms with Crippen LogP contribution in [0.3, 0.4) is 0 Å². The molecule has 2 atom stereocenters. The van der Waals surface area contributed by atoms with E-state index in [0.29, 0.717) is 19.4 Å². The monoisotopic (exact) mass is 693 g/mol. The lowest BCUT2D eigenvalue weighted by Crippen LogP contribution is -2.57. The zero-order valence-electron chi connectivity index (χ0n) is 33.2. The molecule has 0 radical (unpaired) electrons. The summed E-state index contributed by atoms with van der Waals surface area (Å²) in [5.41, 5.74) is 0. The third kappa shape index (κ3) is 30.9. The maximum absolute atomic E-state index is 12.8. The third-order valence-corrected chi connectivity index (χ3v) is 9.62. The molecule has 0 aromatic heterocycles. The van der Waals surface area contributed by atoms with Crippen molar-refractivity contribution in [3.8, 4) is 0 Å². The lowest BCUT2D eigenvalue weighted by atomic mass is 10.1. The first kappa shape index (κ1) is 47.3. The Kier molecular flexibility index (Phi) is 33.6. The Morgan fingerprint density at radius 2 is 0.857 bits per heavy atom. The van der Waals surface area contributed by atoms with Gasteiger partial charge < -0.3 is 14.6 Å². The second-order valence-electron chi connectivity index (χ2n) is 15.0. The van der Waals surface area contributed by atoms with Crippen molar-refractivity contribution >= 4 is 11.9 Å². The Labute approximate surface area is 304 Å². The molecule has 0 saturated heterocycles. The fourth-order valence-electron chi connectivity index (χ4n) is 6.39. The molecular weight excluding hydrogens is 610 g/mol. The topological polar surface area (TPSA) is 72.8 Å². The highest BCUT2D eigenvalue weighted by molar-refractivity contribution is 5.70. The number of carbonyl (C=O) groups is 2. The standard InChI is InChI=1S/C43H82NO5/c1-6-8-10-12-14-16-18-20-22-24-26-28-30-32-34-36-41(46)48-40(3)43(44(4,5)38-39-45)49-42(47)37-35-33-31-29-27-25-23-21-19-17-15-13-11-9-7-2/h20-23,40,43,45H,6-19,24-39H2,1-5H3/q+1/b22-20-,23-21-. The van der Waals surface area contributed by atoms with Gasteiger partial charge in [0.15, 0.2) is 6.10 Å². The predicted octanol–water partition coefficient (Wildman–Crippen LogP) is 11.9. The number of esters is 2. The van der Waals surface area contributed by atoms with Gasteiger partial charge in [0.05, 0.1) is 20.7 Å². The van der Waals surface area contributed by atoms with Crippen molar-refractivity contribution in [3.63, 3.8) is 0 Å². The van der Waals surface area contributed by atoms with E-state index in [9.17, 15) is 14.7 Å². The highest BCUT2D eigenvalue weighted by Gasteiger charge is 2.38. The van der Waals surface area contributed by atoms with E-state index in [0.717, 1.165) is 51.4 Å². The quantitative estimate of drug-likeness (QED) is 0.0233. The molecule has 288 valence electrons. The second-order valence-corrected chi connectivity index (χ2v) is 15.0. The van der Waals surface area contributed by atoms with Crippen LogP contribution in [0.4, 0.5) is 0 Å². The summed E-state index contributed by atoms with van der Waals surface area (Å²) in [6.45, 7) is 6.69. The highest BCUT2D eigenvalue weighted by atomic mass is 16.6. The van der Waals surface area contributed by atoms with E-state index in [2.05, 4.69) is 38.2 Å². The number of hydrogen-bond acceptors (Lipinski definition) is 5. The summed E-state index contributed by atoms with van der Waals surface area (Å²) in [6.07, 6.45) is 40.5. The van der Waals surface area contributed by atoms with E-state index in [1.54, 1.807) is 6.92 Å². The molecule has 49 heavy (non-hydrogen) atoms. The van der Waals surface area contributed by atoms with Gasteiger partial charge in [-0.2, -0.15) is 0 Å². The molecule has 2 unspecified atom stereocenters. The van der Waals surface area contributed by atoms with Crippen LogP contribution in [0, 0.1) is 0 Å². The van der Waals surface area contributed by atoms with Gasteiger partial charge in [0.2, 0.25) is 0 Å². The minimum atomic E-state index is -0.652. The molecule has 0 aromatic carbocycles. The average molecular weight is 693 g/mol. The molecular formula is C43H82NO5+. The van der Waals surface area contributed by atoms with Gasteiger partial charge in [-0.05, 0) is 71.1 Å². The summed E-state index contributed by atoms with van der Waals surface area (Å²) in [6, 6.07) is 0. The molecule has 0 aliphatic heterocycles. The molecule has 0 aromatic rings. The number of aliphatic hydroxyl groups is 1. The summed E-state index contributed by atoms with van der Waals surface area (Å²) in [7, 11) is 3.81. The fraction of sp³-hybridized carbons (Fsp3) is 0.860. The number of hydrogen-bond donors (Lipinski definition) is 1. The van der Waals surface area contributed by atoms with Crippen molar-refractivity contribution in [3.05, 3.63) is 24.3 Å². The zero-order chi connectivity index (χ0) is 36.3. The van der Waals surface area contributed by atoms with Crippen molar-refractivity contribution in [1.82, 2.24) is 0 Å². The van der Waals surface area contributed by atoms with Gasteiger partial charge in [0.25, 0.3) is 6.23 Å². The number of quaternary nitrogens is 1. The van der Waals surface area contributed by atoms with E-state index in [1.165, 1.54) is 116 Å². The molecule has 0 bridgehead atoms. The number of likely N-dealkylation sites (N-methyl/N-ethyl adjacent to an activating group) is 1. The molecule has 0 amide bonds. The molecule has 1 N–H and O–H groups in total. The Hall–Kier alpha value is -1.66. The second kappa shape index (κ2) is 34.8. The van der Waals surface area contributed by atoms with Crippen LogP contribution in [0.1, 0.15) is 201 Å². The molecule has 6 nitrogen and oxygen atoms in total. The Bertz CT molecular complexity index is 808. The number of ether oxygens (including phenoxy) is 2. The van der Waals surface area contributed by atoms with Crippen LogP contribution in [0.25, 0.3) is 0 Å². The maximum atomic E-state index is 12.8. The van der Waals surface area contributed by atoms with Crippen molar-refractivity contribution in [2.45, 2.75) is 213 Å². The normalized spacial score (nSPS) is 13.3. The van der Waals surface area contributed by atoms with E-state index < -0.39 is 12.3 Å². The number of allylic oxidation sites excluding steroid dienone is 4. The van der Waals surface area contributed by atoms with Crippen molar-refractivity contribution in [2.24, 2.45) is 0 Å². The zero-order valence-corrected chi connectivity index (χ0v) is 33.2. The maximum Gasteiger partial charge on any atom is 0.310 e. The van der Waals surface area contributed by atoms with Crippen LogP contribution in [0.2, 0.25) is 0 Å². The lowest BCUT2D eigenvalue weighted by molar-refractivity contribution is -0.938. The molecule has 0 fully saturated rings. The van der Waals surface area contributed by atoms with Gasteiger partial charge >= 0.3 is 11.9 Å². The molecule has 0 aliphatic rings. The van der Waals surface area contributed by atoms with Crippen LogP contribution >= 0.6 is 0 Å². The highest BCUT2D eigenvalue weighted by Crippen LogP contribution is 2.19. The number of carbonyl (C=O) groups excluding carboxylic acids is 2. The largest absolute Gasteiger partial charge is 0.452 e. The van der Waals surface area contributed by atoms with E-state index >= 15 is 0 Å². The number of aliphatic hydroxyl groups excluding tert-OH is 1. The number of rotatable bonds is 36. The average Bonchev–Trinajstić information content (AvgIpc) is 3.07. The molecule has 6 heteroatoms. The van der Waals surface area contributed by atoms with Crippen LogP contribution in [-0.2, 0) is 19.1 Å². The Morgan fingerprint density at radius 1 is 0.531 bits per heavy atom. The third-order valence-electron chi connectivity index (χ3n) is 9.62. The van der Waals surface area contributed by atoms with Gasteiger partial charge in [0.1, 0.15) is 6.54 Å². The van der Waals surface area contributed by atoms with Gasteiger partial charge in [-0.1, -0.05) is 141 Å². The SMILES string of the molecule is CCCCCCCC/C=C\CCCCCCCC(=O)OC(C)C(OC(=O)CCCCCCC/C=C\CCCCCCCC)[N+](C)(C)CCO. The lowest BCUT2D eigenvalue weighted by Gasteiger charge is -2.38. The Balaban J connectivity index is 4.16. The molecule has 0 aliphatic carbocycles. The Morgan fingerprint density at radius 3 is 1.22 bits per heavy atom. The molecule has 0 rings (SSSR count). The van der Waals surface area contributed by atoms with Crippen LogP contribution < -0.4 is 0 Å². The van der Waals surface area contributed by atoms with Crippen LogP contribution in [0.15, 0.2) is 24.3 Å². The summed E-state index contributed by atoms with van der Waals surface area (Å²) >= 11 is 0. The van der Waals surface area contributed by atoms with Crippen molar-refractivity contribution in [2.75, 3.05) is 27.2 Å². The first-order valence-electron chi connectivity index (χ1n) is 20.9. The van der Waals surface area contributed by atoms with E-state index in [1.807, 2.05) is 14.1 Å².